The monoisotopic (exact) mass is 464 g/mol. The quantitative estimate of drug-likeness (QED) is 0.459. The fraction of sp³-hybridized carbons (Fsp3) is 0.0952. The second kappa shape index (κ2) is 9.51. The molecule has 0 saturated carbocycles. The summed E-state index contributed by atoms with van der Waals surface area (Å²) in [6, 6.07) is 18.0. The molecular weight excluding hydrogens is 447 g/mol. The first-order chi connectivity index (χ1) is 14.2. The fourth-order valence-corrected chi connectivity index (χ4v) is 4.52. The first-order valence-electron chi connectivity index (χ1n) is 8.84. The van der Waals surface area contributed by atoms with Crippen molar-refractivity contribution in [3.63, 3.8) is 0 Å². The molecule has 2 N–H and O–H groups in total. The number of carbonyl (C=O) groups excluding carboxylic acids is 1. The minimum Gasteiger partial charge on any atom is -0.325 e. The molecule has 9 heteroatoms. The standard InChI is InChI=1S/C21H18ClFN2O3S2/c1-14(29-19-10-2-15(22)3-11-19)21(26)24-17-8-12-20(13-9-17)30(27,28)25-18-6-4-16(23)5-7-18/h2-14,25H,1H3,(H,24,26). The van der Waals surface area contributed by atoms with E-state index in [4.69, 9.17) is 11.6 Å². The zero-order chi connectivity index (χ0) is 21.7. The van der Waals surface area contributed by atoms with Crippen molar-refractivity contribution in [3.05, 3.63) is 83.6 Å². The van der Waals surface area contributed by atoms with Gasteiger partial charge in [0.15, 0.2) is 0 Å². The van der Waals surface area contributed by atoms with Gasteiger partial charge in [0, 0.05) is 21.3 Å². The molecule has 0 aliphatic rings. The molecule has 0 spiro atoms. The Labute approximate surface area is 183 Å². The van der Waals surface area contributed by atoms with Crippen LogP contribution in [0.4, 0.5) is 15.8 Å². The maximum atomic E-state index is 13.0. The summed E-state index contributed by atoms with van der Waals surface area (Å²) in [7, 11) is -3.83. The van der Waals surface area contributed by atoms with Crippen LogP contribution in [0.15, 0.2) is 82.6 Å². The Morgan fingerprint density at radius 1 is 0.933 bits per heavy atom. The Morgan fingerprint density at radius 3 is 2.10 bits per heavy atom. The lowest BCUT2D eigenvalue weighted by Crippen LogP contribution is -2.22. The van der Waals surface area contributed by atoms with Gasteiger partial charge in [-0.2, -0.15) is 0 Å². The maximum Gasteiger partial charge on any atom is 0.261 e. The lowest BCUT2D eigenvalue weighted by atomic mass is 10.3. The number of thioether (sulfide) groups is 1. The number of halogens is 2. The van der Waals surface area contributed by atoms with Gasteiger partial charge in [-0.1, -0.05) is 11.6 Å². The molecule has 0 fully saturated rings. The van der Waals surface area contributed by atoms with E-state index >= 15 is 0 Å². The Hall–Kier alpha value is -2.55. The Balaban J connectivity index is 1.62. The Kier molecular flexibility index (Phi) is 7.02. The summed E-state index contributed by atoms with van der Waals surface area (Å²) in [4.78, 5) is 13.3. The van der Waals surface area contributed by atoms with Crippen LogP contribution in [0.1, 0.15) is 6.92 Å². The predicted octanol–water partition coefficient (Wildman–Crippen LogP) is 5.40. The Bertz CT molecular complexity index is 1120. The summed E-state index contributed by atoms with van der Waals surface area (Å²) in [6.45, 7) is 1.78. The second-order valence-corrected chi connectivity index (χ2v) is 9.87. The summed E-state index contributed by atoms with van der Waals surface area (Å²) in [5, 5.41) is 3.02. The van der Waals surface area contributed by atoms with Gasteiger partial charge in [0.1, 0.15) is 5.82 Å². The number of carbonyl (C=O) groups is 1. The molecule has 1 amide bonds. The van der Waals surface area contributed by atoms with E-state index in [9.17, 15) is 17.6 Å². The lowest BCUT2D eigenvalue weighted by molar-refractivity contribution is -0.115. The van der Waals surface area contributed by atoms with Crippen molar-refractivity contribution in [1.82, 2.24) is 0 Å². The molecule has 0 radical (unpaired) electrons. The van der Waals surface area contributed by atoms with E-state index in [2.05, 4.69) is 10.0 Å². The largest absolute Gasteiger partial charge is 0.325 e. The van der Waals surface area contributed by atoms with Crippen molar-refractivity contribution >= 4 is 50.7 Å². The molecule has 1 unspecified atom stereocenters. The van der Waals surface area contributed by atoms with Gasteiger partial charge in [0.25, 0.3) is 10.0 Å². The highest BCUT2D eigenvalue weighted by atomic mass is 35.5. The number of anilines is 2. The predicted molar refractivity (Wildman–Crippen MR) is 119 cm³/mol. The van der Waals surface area contributed by atoms with Crippen molar-refractivity contribution in [2.45, 2.75) is 22.0 Å². The fourth-order valence-electron chi connectivity index (χ4n) is 2.46. The van der Waals surface area contributed by atoms with Crippen LogP contribution in [0.25, 0.3) is 0 Å². The molecule has 156 valence electrons. The molecule has 3 aromatic rings. The van der Waals surface area contributed by atoms with E-state index in [-0.39, 0.29) is 21.7 Å². The summed E-state index contributed by atoms with van der Waals surface area (Å²) in [6.07, 6.45) is 0. The minimum absolute atomic E-state index is 0.0217. The molecule has 30 heavy (non-hydrogen) atoms. The van der Waals surface area contributed by atoms with E-state index < -0.39 is 15.8 Å². The molecule has 0 aliphatic heterocycles. The molecule has 0 aromatic heterocycles. The van der Waals surface area contributed by atoms with Crippen LogP contribution in [-0.2, 0) is 14.8 Å². The normalized spacial score (nSPS) is 12.2. The average Bonchev–Trinajstić information content (AvgIpc) is 2.71. The zero-order valence-electron chi connectivity index (χ0n) is 15.8. The zero-order valence-corrected chi connectivity index (χ0v) is 18.2. The van der Waals surface area contributed by atoms with Crippen molar-refractivity contribution in [1.29, 1.82) is 0 Å². The summed E-state index contributed by atoms with van der Waals surface area (Å²) >= 11 is 7.25. The molecule has 0 heterocycles. The number of hydrogen-bond acceptors (Lipinski definition) is 4. The molecule has 3 aromatic carbocycles. The van der Waals surface area contributed by atoms with Crippen molar-refractivity contribution in [2.24, 2.45) is 0 Å². The SMILES string of the molecule is CC(Sc1ccc(Cl)cc1)C(=O)Nc1ccc(S(=O)(=O)Nc2ccc(F)cc2)cc1. The number of nitrogens with one attached hydrogen (secondary N) is 2. The summed E-state index contributed by atoms with van der Waals surface area (Å²) < 4.78 is 40.2. The minimum atomic E-state index is -3.83. The van der Waals surface area contributed by atoms with Crippen LogP contribution in [0, 0.1) is 5.82 Å². The highest BCUT2D eigenvalue weighted by molar-refractivity contribution is 8.00. The van der Waals surface area contributed by atoms with Gasteiger partial charge in [-0.15, -0.1) is 11.8 Å². The summed E-state index contributed by atoms with van der Waals surface area (Å²) in [5.74, 6) is -0.670. The number of hydrogen-bond donors (Lipinski definition) is 2. The average molecular weight is 465 g/mol. The van der Waals surface area contributed by atoms with Crippen LogP contribution < -0.4 is 10.0 Å². The van der Waals surface area contributed by atoms with Crippen LogP contribution in [-0.4, -0.2) is 19.6 Å². The van der Waals surface area contributed by atoms with Crippen molar-refractivity contribution < 1.29 is 17.6 Å². The van der Waals surface area contributed by atoms with Gasteiger partial charge >= 0.3 is 0 Å². The number of benzene rings is 3. The number of rotatable bonds is 7. The van der Waals surface area contributed by atoms with Crippen LogP contribution >= 0.6 is 23.4 Å². The molecular formula is C21H18ClFN2O3S2. The molecule has 0 saturated heterocycles. The molecule has 0 aliphatic carbocycles. The van der Waals surface area contributed by atoms with Crippen LogP contribution in [0.5, 0.6) is 0 Å². The van der Waals surface area contributed by atoms with E-state index in [0.29, 0.717) is 10.7 Å². The third-order valence-electron chi connectivity index (χ3n) is 4.02. The maximum absolute atomic E-state index is 13.0. The third-order valence-corrected chi connectivity index (χ3v) is 6.79. The van der Waals surface area contributed by atoms with Gasteiger partial charge in [-0.05, 0) is 79.7 Å². The van der Waals surface area contributed by atoms with Gasteiger partial charge in [0.05, 0.1) is 10.1 Å². The Morgan fingerprint density at radius 2 is 1.50 bits per heavy atom. The van der Waals surface area contributed by atoms with E-state index in [0.717, 1.165) is 4.90 Å². The van der Waals surface area contributed by atoms with Gasteiger partial charge in [-0.25, -0.2) is 12.8 Å². The van der Waals surface area contributed by atoms with Crippen LogP contribution in [0.2, 0.25) is 5.02 Å². The number of sulfonamides is 1. The van der Waals surface area contributed by atoms with Crippen molar-refractivity contribution in [2.75, 3.05) is 10.0 Å². The molecule has 0 bridgehead atoms. The van der Waals surface area contributed by atoms with E-state index in [1.165, 1.54) is 60.3 Å². The molecule has 3 rings (SSSR count). The van der Waals surface area contributed by atoms with Gasteiger partial charge < -0.3 is 5.32 Å². The highest BCUT2D eigenvalue weighted by Gasteiger charge is 2.17. The molecule has 5 nitrogen and oxygen atoms in total. The molecule has 1 atom stereocenters. The van der Waals surface area contributed by atoms with Gasteiger partial charge in [-0.3, -0.25) is 9.52 Å². The smallest absolute Gasteiger partial charge is 0.261 e. The lowest BCUT2D eigenvalue weighted by Gasteiger charge is -2.13. The second-order valence-electron chi connectivity index (χ2n) is 6.34. The van der Waals surface area contributed by atoms with Gasteiger partial charge in [0.2, 0.25) is 5.91 Å². The summed E-state index contributed by atoms with van der Waals surface area (Å²) in [5.41, 5.74) is 0.728. The first-order valence-corrected chi connectivity index (χ1v) is 11.6. The topological polar surface area (TPSA) is 75.3 Å². The van der Waals surface area contributed by atoms with E-state index in [1.807, 2.05) is 12.1 Å². The van der Waals surface area contributed by atoms with E-state index in [1.54, 1.807) is 19.1 Å². The van der Waals surface area contributed by atoms with Crippen molar-refractivity contribution in [3.8, 4) is 0 Å². The highest BCUT2D eigenvalue weighted by Crippen LogP contribution is 2.26. The first kappa shape index (κ1) is 22.1. The number of amides is 1. The third kappa shape index (κ3) is 5.98. The van der Waals surface area contributed by atoms with Crippen LogP contribution in [0.3, 0.4) is 0 Å².